The minimum Gasteiger partial charge on any atom is -0.493 e. The molecule has 1 N–H and O–H groups in total. The zero-order chi connectivity index (χ0) is 21.7. The highest BCUT2D eigenvalue weighted by atomic mass is 16.5. The largest absolute Gasteiger partial charge is 0.493 e. The van der Waals surface area contributed by atoms with Crippen molar-refractivity contribution in [2.75, 3.05) is 20.2 Å². The minimum absolute atomic E-state index is 0.0397. The summed E-state index contributed by atoms with van der Waals surface area (Å²) in [6.07, 6.45) is 9.01. The SMILES string of the molecule is CCCC[CH]C(=O)N1C[C@@H](c2ccc(OC)c(OC3CCCC3)c2)[C@](C)([C@@H](C)O)C1. The second-order valence-corrected chi connectivity index (χ2v) is 9.23. The van der Waals surface area contributed by atoms with Crippen LogP contribution in [0, 0.1) is 11.8 Å². The smallest absolute Gasteiger partial charge is 0.226 e. The number of likely N-dealkylation sites (tertiary alicyclic amines) is 1. The van der Waals surface area contributed by atoms with Gasteiger partial charge in [-0.2, -0.15) is 0 Å². The number of rotatable bonds is 9. The van der Waals surface area contributed by atoms with Crippen molar-refractivity contribution in [2.24, 2.45) is 5.41 Å². The molecular formula is C25H38NO4. The van der Waals surface area contributed by atoms with E-state index >= 15 is 0 Å². The monoisotopic (exact) mass is 416 g/mol. The fourth-order valence-electron chi connectivity index (χ4n) is 4.84. The molecule has 1 heterocycles. The lowest BCUT2D eigenvalue weighted by molar-refractivity contribution is -0.127. The summed E-state index contributed by atoms with van der Waals surface area (Å²) in [4.78, 5) is 14.6. The van der Waals surface area contributed by atoms with Crippen LogP contribution in [0.5, 0.6) is 11.5 Å². The number of ether oxygens (including phenoxy) is 2. The van der Waals surface area contributed by atoms with Crippen LogP contribution in [0.1, 0.15) is 77.2 Å². The third-order valence-electron chi connectivity index (χ3n) is 7.06. The van der Waals surface area contributed by atoms with E-state index in [-0.39, 0.29) is 17.9 Å². The molecule has 0 bridgehead atoms. The van der Waals surface area contributed by atoms with Gasteiger partial charge < -0.3 is 19.5 Å². The molecule has 0 aromatic heterocycles. The molecule has 5 nitrogen and oxygen atoms in total. The lowest BCUT2D eigenvalue weighted by atomic mass is 9.72. The van der Waals surface area contributed by atoms with Gasteiger partial charge in [0.15, 0.2) is 11.5 Å². The number of carbonyl (C=O) groups excluding carboxylic acids is 1. The molecule has 3 rings (SSSR count). The molecule has 1 aromatic carbocycles. The number of nitrogens with zero attached hydrogens (tertiary/aromatic N) is 1. The molecule has 167 valence electrons. The van der Waals surface area contributed by atoms with E-state index < -0.39 is 11.5 Å². The maximum absolute atomic E-state index is 12.7. The van der Waals surface area contributed by atoms with Gasteiger partial charge in [-0.15, -0.1) is 0 Å². The van der Waals surface area contributed by atoms with E-state index in [4.69, 9.17) is 9.47 Å². The van der Waals surface area contributed by atoms with Crippen molar-refractivity contribution in [1.29, 1.82) is 0 Å². The Morgan fingerprint density at radius 3 is 2.70 bits per heavy atom. The Labute approximate surface area is 181 Å². The summed E-state index contributed by atoms with van der Waals surface area (Å²) in [5.74, 6) is 1.63. The maximum Gasteiger partial charge on any atom is 0.226 e. The Hall–Kier alpha value is -1.75. The number of aliphatic hydroxyl groups is 1. The number of carbonyl (C=O) groups is 1. The third-order valence-corrected chi connectivity index (χ3v) is 7.06. The summed E-state index contributed by atoms with van der Waals surface area (Å²) in [7, 11) is 1.67. The molecule has 0 unspecified atom stereocenters. The Kier molecular flexibility index (Phi) is 7.67. The Balaban J connectivity index is 1.83. The molecule has 1 radical (unpaired) electrons. The van der Waals surface area contributed by atoms with E-state index in [0.717, 1.165) is 49.2 Å². The summed E-state index contributed by atoms with van der Waals surface area (Å²) >= 11 is 0. The molecule has 1 saturated heterocycles. The Bertz CT molecular complexity index is 713. The van der Waals surface area contributed by atoms with Gasteiger partial charge in [0.1, 0.15) is 0 Å². The summed E-state index contributed by atoms with van der Waals surface area (Å²) < 4.78 is 11.8. The lowest BCUT2D eigenvalue weighted by Gasteiger charge is -2.34. The number of unbranched alkanes of at least 4 members (excludes halogenated alkanes) is 2. The summed E-state index contributed by atoms with van der Waals surface area (Å²) in [6, 6.07) is 6.08. The highest BCUT2D eigenvalue weighted by molar-refractivity contribution is 5.85. The van der Waals surface area contributed by atoms with Gasteiger partial charge in [0.2, 0.25) is 5.91 Å². The first kappa shape index (κ1) is 22.9. The van der Waals surface area contributed by atoms with Gasteiger partial charge in [-0.3, -0.25) is 4.79 Å². The topological polar surface area (TPSA) is 59.0 Å². The van der Waals surface area contributed by atoms with Crippen LogP contribution in [0.2, 0.25) is 0 Å². The van der Waals surface area contributed by atoms with Crippen molar-refractivity contribution in [3.8, 4) is 11.5 Å². The van der Waals surface area contributed by atoms with Gasteiger partial charge in [-0.05, 0) is 56.7 Å². The summed E-state index contributed by atoms with van der Waals surface area (Å²) in [5, 5.41) is 10.7. The molecule has 0 spiro atoms. The molecule has 1 aromatic rings. The van der Waals surface area contributed by atoms with E-state index in [1.165, 1.54) is 12.8 Å². The van der Waals surface area contributed by atoms with Crippen molar-refractivity contribution in [1.82, 2.24) is 4.90 Å². The number of hydrogen-bond acceptors (Lipinski definition) is 4. The summed E-state index contributed by atoms with van der Waals surface area (Å²) in [6.45, 7) is 7.22. The predicted molar refractivity (Wildman–Crippen MR) is 119 cm³/mol. The van der Waals surface area contributed by atoms with Gasteiger partial charge in [0.25, 0.3) is 0 Å². The van der Waals surface area contributed by atoms with Gasteiger partial charge in [0, 0.05) is 30.8 Å². The fourth-order valence-corrected chi connectivity index (χ4v) is 4.84. The van der Waals surface area contributed by atoms with Crippen LogP contribution in [-0.4, -0.2) is 48.3 Å². The Morgan fingerprint density at radius 1 is 1.33 bits per heavy atom. The molecular weight excluding hydrogens is 378 g/mol. The first-order chi connectivity index (χ1) is 14.4. The number of benzene rings is 1. The number of hydrogen-bond donors (Lipinski definition) is 1. The van der Waals surface area contributed by atoms with Gasteiger partial charge in [-0.25, -0.2) is 0 Å². The standard InChI is InChI=1S/C25H38NO4/c1-5-6-7-12-24(28)26-16-21(25(3,17-26)18(2)27)19-13-14-22(29-4)23(15-19)30-20-10-8-9-11-20/h12-15,18,20-21,27H,5-11,16-17H2,1-4H3/t18-,21+,25+/m1/s1. The normalized spacial score (nSPS) is 25.5. The zero-order valence-electron chi connectivity index (χ0n) is 19.0. The van der Waals surface area contributed by atoms with E-state index in [2.05, 4.69) is 26.0 Å². The second-order valence-electron chi connectivity index (χ2n) is 9.23. The van der Waals surface area contributed by atoms with Crippen LogP contribution in [0.15, 0.2) is 18.2 Å². The molecule has 2 aliphatic rings. The first-order valence-electron chi connectivity index (χ1n) is 11.5. The molecule has 1 amide bonds. The number of aliphatic hydroxyl groups excluding tert-OH is 1. The van der Waals surface area contributed by atoms with Crippen LogP contribution in [-0.2, 0) is 4.79 Å². The van der Waals surface area contributed by atoms with Crippen LogP contribution < -0.4 is 9.47 Å². The number of methoxy groups -OCH3 is 1. The molecule has 1 saturated carbocycles. The average molecular weight is 417 g/mol. The predicted octanol–water partition coefficient (Wildman–Crippen LogP) is 4.72. The highest BCUT2D eigenvalue weighted by Crippen LogP contribution is 2.47. The van der Waals surface area contributed by atoms with E-state index in [0.29, 0.717) is 13.1 Å². The fraction of sp³-hybridized carbons (Fsp3) is 0.680. The maximum atomic E-state index is 12.7. The zero-order valence-corrected chi connectivity index (χ0v) is 19.0. The van der Waals surface area contributed by atoms with Crippen LogP contribution >= 0.6 is 0 Å². The van der Waals surface area contributed by atoms with Crippen LogP contribution in [0.25, 0.3) is 0 Å². The minimum atomic E-state index is -0.530. The number of amides is 1. The van der Waals surface area contributed by atoms with E-state index in [9.17, 15) is 9.90 Å². The molecule has 30 heavy (non-hydrogen) atoms. The molecule has 3 atom stereocenters. The van der Waals surface area contributed by atoms with E-state index in [1.807, 2.05) is 17.9 Å². The highest BCUT2D eigenvalue weighted by Gasteiger charge is 2.48. The van der Waals surface area contributed by atoms with E-state index in [1.54, 1.807) is 13.5 Å². The first-order valence-corrected chi connectivity index (χ1v) is 11.5. The average Bonchev–Trinajstić information content (AvgIpc) is 3.36. The van der Waals surface area contributed by atoms with Gasteiger partial charge in [0.05, 0.1) is 19.3 Å². The third kappa shape index (κ3) is 4.93. The van der Waals surface area contributed by atoms with Crippen molar-refractivity contribution in [3.05, 3.63) is 30.2 Å². The summed E-state index contributed by atoms with van der Waals surface area (Å²) in [5.41, 5.74) is 0.684. The van der Waals surface area contributed by atoms with Gasteiger partial charge in [-0.1, -0.05) is 32.8 Å². The molecule has 2 fully saturated rings. The van der Waals surface area contributed by atoms with Crippen molar-refractivity contribution in [3.63, 3.8) is 0 Å². The quantitative estimate of drug-likeness (QED) is 0.592. The molecule has 1 aliphatic carbocycles. The molecule has 5 heteroatoms. The second kappa shape index (κ2) is 10.0. The van der Waals surface area contributed by atoms with Crippen LogP contribution in [0.4, 0.5) is 0 Å². The Morgan fingerprint density at radius 2 is 2.07 bits per heavy atom. The lowest BCUT2D eigenvalue weighted by Crippen LogP contribution is -2.38. The van der Waals surface area contributed by atoms with Gasteiger partial charge >= 0.3 is 0 Å². The van der Waals surface area contributed by atoms with Crippen LogP contribution in [0.3, 0.4) is 0 Å². The van der Waals surface area contributed by atoms with Crippen molar-refractivity contribution in [2.45, 2.75) is 83.8 Å². The van der Waals surface area contributed by atoms with Crippen molar-refractivity contribution < 1.29 is 19.4 Å². The van der Waals surface area contributed by atoms with Crippen molar-refractivity contribution >= 4 is 5.91 Å². The molecule has 1 aliphatic heterocycles.